The highest BCUT2D eigenvalue weighted by atomic mass is 32.2. The molecule has 1 N–H and O–H groups in total. The topological polar surface area (TPSA) is 66.5 Å². The Balaban J connectivity index is 1.29. The second-order valence-corrected chi connectivity index (χ2v) is 10.3. The minimum absolute atomic E-state index is 0.0959. The molecular weight excluding hydrogens is 367 g/mol. The molecule has 1 aromatic carbocycles. The number of carbonyl (C=O) groups is 1. The molecule has 3 fully saturated rings. The Kier molecular flexibility index (Phi) is 5.25. The third-order valence-electron chi connectivity index (χ3n) is 6.55. The number of amides is 1. The molecule has 148 valence electrons. The van der Waals surface area contributed by atoms with E-state index in [-0.39, 0.29) is 23.4 Å². The van der Waals surface area contributed by atoms with Crippen molar-refractivity contribution in [2.45, 2.75) is 50.3 Å². The van der Waals surface area contributed by atoms with Crippen molar-refractivity contribution in [1.82, 2.24) is 9.62 Å². The van der Waals surface area contributed by atoms with Crippen LogP contribution in [0.4, 0.5) is 4.39 Å². The standard InChI is InChI=1S/C20H27FN2O3S/c21-18-5-2-14(3-6-18)13-27(25,26)23-9-7-16(8-10-23)20(24)22-19-12-15-1-4-17(19)11-15/h2-3,5-6,15-17,19H,1,4,7-13H2,(H,22,24). The van der Waals surface area contributed by atoms with Gasteiger partial charge < -0.3 is 5.32 Å². The maximum Gasteiger partial charge on any atom is 0.223 e. The Labute approximate surface area is 160 Å². The molecule has 0 radical (unpaired) electrons. The SMILES string of the molecule is O=C(NC1CC2CCC1C2)C1CCN(S(=O)(=O)Cc2ccc(F)cc2)CC1. The number of hydrogen-bond donors (Lipinski definition) is 1. The molecule has 2 bridgehead atoms. The van der Waals surface area contributed by atoms with E-state index < -0.39 is 10.0 Å². The molecule has 0 spiro atoms. The van der Waals surface area contributed by atoms with Gasteiger partial charge in [-0.25, -0.2) is 17.1 Å². The summed E-state index contributed by atoms with van der Waals surface area (Å²) in [5, 5.41) is 3.24. The van der Waals surface area contributed by atoms with E-state index in [1.807, 2.05) is 0 Å². The number of sulfonamides is 1. The van der Waals surface area contributed by atoms with Crippen molar-refractivity contribution in [3.8, 4) is 0 Å². The third-order valence-corrected chi connectivity index (χ3v) is 8.40. The molecule has 3 unspecified atom stereocenters. The van der Waals surface area contributed by atoms with Crippen molar-refractivity contribution < 1.29 is 17.6 Å². The first-order chi connectivity index (χ1) is 12.9. The molecule has 1 saturated heterocycles. The van der Waals surface area contributed by atoms with E-state index in [4.69, 9.17) is 0 Å². The normalized spacial score (nSPS) is 29.1. The van der Waals surface area contributed by atoms with Gasteiger partial charge in [-0.1, -0.05) is 18.6 Å². The highest BCUT2D eigenvalue weighted by Crippen LogP contribution is 2.44. The summed E-state index contributed by atoms with van der Waals surface area (Å²) in [7, 11) is -3.45. The van der Waals surface area contributed by atoms with Gasteiger partial charge in [0.2, 0.25) is 15.9 Å². The van der Waals surface area contributed by atoms with Crippen molar-refractivity contribution >= 4 is 15.9 Å². The maximum absolute atomic E-state index is 13.0. The summed E-state index contributed by atoms with van der Waals surface area (Å²) in [6.07, 6.45) is 6.04. The molecule has 5 nitrogen and oxygen atoms in total. The fourth-order valence-corrected chi connectivity index (χ4v) is 6.56. The monoisotopic (exact) mass is 394 g/mol. The van der Waals surface area contributed by atoms with Crippen LogP contribution in [0.1, 0.15) is 44.1 Å². The van der Waals surface area contributed by atoms with E-state index in [0.29, 0.717) is 43.5 Å². The van der Waals surface area contributed by atoms with Crippen molar-refractivity contribution in [2.75, 3.05) is 13.1 Å². The largest absolute Gasteiger partial charge is 0.353 e. The van der Waals surface area contributed by atoms with Crippen molar-refractivity contribution in [1.29, 1.82) is 0 Å². The molecule has 2 saturated carbocycles. The van der Waals surface area contributed by atoms with Crippen LogP contribution in [0.5, 0.6) is 0 Å². The first kappa shape index (κ1) is 18.9. The summed E-state index contributed by atoms with van der Waals surface area (Å²) in [6.45, 7) is 0.747. The van der Waals surface area contributed by atoms with Gasteiger partial charge in [0.25, 0.3) is 0 Å². The molecule has 4 rings (SSSR count). The second-order valence-electron chi connectivity index (χ2n) is 8.35. The Bertz CT molecular complexity index is 788. The van der Waals surface area contributed by atoms with Gasteiger partial charge in [-0.2, -0.15) is 0 Å². The molecule has 2 aliphatic carbocycles. The zero-order chi connectivity index (χ0) is 19.0. The number of hydrogen-bond acceptors (Lipinski definition) is 3. The van der Waals surface area contributed by atoms with Gasteiger partial charge in [-0.05, 0) is 61.6 Å². The maximum atomic E-state index is 13.0. The van der Waals surface area contributed by atoms with Gasteiger partial charge in [0.1, 0.15) is 5.82 Å². The molecule has 1 amide bonds. The van der Waals surface area contributed by atoms with Gasteiger partial charge in [-0.15, -0.1) is 0 Å². The molecule has 3 atom stereocenters. The van der Waals surface area contributed by atoms with Crippen LogP contribution < -0.4 is 5.32 Å². The van der Waals surface area contributed by atoms with Crippen LogP contribution in [0.15, 0.2) is 24.3 Å². The number of nitrogens with one attached hydrogen (secondary N) is 1. The lowest BCUT2D eigenvalue weighted by atomic mass is 9.93. The number of benzene rings is 1. The van der Waals surface area contributed by atoms with Crippen LogP contribution in [0, 0.1) is 23.6 Å². The number of carbonyl (C=O) groups excluding carboxylic acids is 1. The van der Waals surface area contributed by atoms with Crippen LogP contribution in [0.3, 0.4) is 0 Å². The van der Waals surface area contributed by atoms with E-state index >= 15 is 0 Å². The summed E-state index contributed by atoms with van der Waals surface area (Å²) in [5.74, 6) is 0.937. The molecule has 7 heteroatoms. The average Bonchev–Trinajstić information content (AvgIpc) is 3.27. The predicted octanol–water partition coefficient (Wildman–Crippen LogP) is 2.67. The van der Waals surface area contributed by atoms with Crippen molar-refractivity contribution in [3.63, 3.8) is 0 Å². The molecule has 1 aromatic rings. The lowest BCUT2D eigenvalue weighted by Crippen LogP contribution is -2.46. The fourth-order valence-electron chi connectivity index (χ4n) is 5.00. The number of rotatable bonds is 5. The van der Waals surface area contributed by atoms with Crippen LogP contribution in [-0.2, 0) is 20.6 Å². The minimum Gasteiger partial charge on any atom is -0.353 e. The Morgan fingerprint density at radius 2 is 1.78 bits per heavy atom. The molecule has 1 aliphatic heterocycles. The highest BCUT2D eigenvalue weighted by molar-refractivity contribution is 7.88. The Hall–Kier alpha value is -1.47. The summed E-state index contributed by atoms with van der Waals surface area (Å²) in [5.41, 5.74) is 0.576. The van der Waals surface area contributed by atoms with Crippen molar-refractivity contribution in [2.24, 2.45) is 17.8 Å². The summed E-state index contributed by atoms with van der Waals surface area (Å²) in [6, 6.07) is 5.88. The molecule has 0 aromatic heterocycles. The first-order valence-corrected chi connectivity index (χ1v) is 11.5. The lowest BCUT2D eigenvalue weighted by molar-refractivity contribution is -0.127. The number of fused-ring (bicyclic) bond motifs is 2. The first-order valence-electron chi connectivity index (χ1n) is 9.93. The van der Waals surface area contributed by atoms with E-state index in [2.05, 4.69) is 5.32 Å². The average molecular weight is 395 g/mol. The zero-order valence-corrected chi connectivity index (χ0v) is 16.3. The second kappa shape index (κ2) is 7.51. The highest BCUT2D eigenvalue weighted by Gasteiger charge is 2.41. The van der Waals surface area contributed by atoms with E-state index in [0.717, 1.165) is 12.3 Å². The summed E-state index contributed by atoms with van der Waals surface area (Å²) < 4.78 is 39.7. The third kappa shape index (κ3) is 4.19. The van der Waals surface area contributed by atoms with Crippen LogP contribution in [0.2, 0.25) is 0 Å². The van der Waals surface area contributed by atoms with E-state index in [1.165, 1.54) is 47.8 Å². The lowest BCUT2D eigenvalue weighted by Gasteiger charge is -2.32. The van der Waals surface area contributed by atoms with Gasteiger partial charge >= 0.3 is 0 Å². The Morgan fingerprint density at radius 3 is 2.37 bits per heavy atom. The number of nitrogens with zero attached hydrogens (tertiary/aromatic N) is 1. The molecule has 27 heavy (non-hydrogen) atoms. The number of halogens is 1. The van der Waals surface area contributed by atoms with Crippen molar-refractivity contribution in [3.05, 3.63) is 35.6 Å². The quantitative estimate of drug-likeness (QED) is 0.835. The Morgan fingerprint density at radius 1 is 1.07 bits per heavy atom. The molecule has 3 aliphatic rings. The summed E-state index contributed by atoms with van der Waals surface area (Å²) >= 11 is 0. The van der Waals surface area contributed by atoms with E-state index in [9.17, 15) is 17.6 Å². The van der Waals surface area contributed by atoms with Crippen LogP contribution in [0.25, 0.3) is 0 Å². The number of piperidine rings is 1. The molecular formula is C20H27FN2O3S. The molecule has 1 heterocycles. The van der Waals surface area contributed by atoms with Gasteiger partial charge in [0, 0.05) is 25.0 Å². The van der Waals surface area contributed by atoms with Crippen LogP contribution in [-0.4, -0.2) is 37.8 Å². The van der Waals surface area contributed by atoms with Gasteiger partial charge in [0.15, 0.2) is 0 Å². The van der Waals surface area contributed by atoms with Gasteiger partial charge in [0.05, 0.1) is 5.75 Å². The van der Waals surface area contributed by atoms with Crippen LogP contribution >= 0.6 is 0 Å². The summed E-state index contributed by atoms with van der Waals surface area (Å²) in [4.78, 5) is 12.6. The van der Waals surface area contributed by atoms with Gasteiger partial charge in [-0.3, -0.25) is 4.79 Å². The smallest absolute Gasteiger partial charge is 0.223 e. The minimum atomic E-state index is -3.45. The fraction of sp³-hybridized carbons (Fsp3) is 0.650. The van der Waals surface area contributed by atoms with E-state index in [1.54, 1.807) is 0 Å². The zero-order valence-electron chi connectivity index (χ0n) is 15.4. The predicted molar refractivity (Wildman–Crippen MR) is 101 cm³/mol.